The van der Waals surface area contributed by atoms with Crippen LogP contribution in [0.1, 0.15) is 12.5 Å². The molecule has 104 valence electrons. The first-order valence-corrected chi connectivity index (χ1v) is 5.05. The lowest BCUT2D eigenvalue weighted by Gasteiger charge is -2.01. The van der Waals surface area contributed by atoms with E-state index in [1.54, 1.807) is 12.1 Å². The summed E-state index contributed by atoms with van der Waals surface area (Å²) in [6.07, 6.45) is 1.34. The number of benzene rings is 1. The molecule has 0 spiro atoms. The Morgan fingerprint density at radius 2 is 2.00 bits per heavy atom. The van der Waals surface area contributed by atoms with Gasteiger partial charge in [-0.25, -0.2) is 0 Å². The predicted molar refractivity (Wildman–Crippen MR) is 71.4 cm³/mol. The Kier molecular flexibility index (Phi) is 7.12. The van der Waals surface area contributed by atoms with E-state index >= 15 is 0 Å². The Morgan fingerprint density at radius 3 is 2.42 bits per heavy atom. The highest BCUT2D eigenvalue weighted by molar-refractivity contribution is 5.84. The summed E-state index contributed by atoms with van der Waals surface area (Å²) >= 11 is 0. The number of nitrogens with zero attached hydrogens (tertiary/aromatic N) is 2. The predicted octanol–water partition coefficient (Wildman–Crippen LogP) is 0.0990. The summed E-state index contributed by atoms with van der Waals surface area (Å²) in [5, 5.41) is 23.9. The van der Waals surface area contributed by atoms with Gasteiger partial charge in [-0.05, 0) is 12.1 Å². The molecule has 0 unspecified atom stereocenters. The first-order chi connectivity index (χ1) is 8.86. The van der Waals surface area contributed by atoms with E-state index in [1.807, 2.05) is 0 Å². The number of ether oxygens (including phenoxy) is 1. The summed E-state index contributed by atoms with van der Waals surface area (Å²) in [7, 11) is 1.52. The number of hydrogen-bond donors (Lipinski definition) is 4. The van der Waals surface area contributed by atoms with Crippen molar-refractivity contribution in [3.63, 3.8) is 0 Å². The molecular formula is C11H16N4O4. The lowest BCUT2D eigenvalue weighted by Crippen LogP contribution is -2.21. The zero-order valence-electron chi connectivity index (χ0n) is 10.6. The van der Waals surface area contributed by atoms with Gasteiger partial charge in [-0.2, -0.15) is 5.10 Å². The molecule has 0 aliphatic rings. The molecule has 1 aromatic carbocycles. The van der Waals surface area contributed by atoms with Crippen molar-refractivity contribution < 1.29 is 19.7 Å². The highest BCUT2D eigenvalue weighted by atomic mass is 16.5. The maximum absolute atomic E-state index is 9.51. The number of guanidine groups is 1. The third-order valence-electron chi connectivity index (χ3n) is 1.61. The molecule has 0 bridgehead atoms. The molecule has 1 aromatic rings. The first-order valence-electron chi connectivity index (χ1n) is 5.05. The van der Waals surface area contributed by atoms with Crippen molar-refractivity contribution in [1.82, 2.24) is 0 Å². The van der Waals surface area contributed by atoms with Crippen LogP contribution in [0.15, 0.2) is 28.4 Å². The van der Waals surface area contributed by atoms with Crippen molar-refractivity contribution in [2.45, 2.75) is 6.92 Å². The van der Waals surface area contributed by atoms with Crippen LogP contribution in [-0.4, -0.2) is 35.5 Å². The molecule has 8 heteroatoms. The van der Waals surface area contributed by atoms with Crippen molar-refractivity contribution in [3.05, 3.63) is 23.8 Å². The molecule has 0 heterocycles. The van der Waals surface area contributed by atoms with Crippen molar-refractivity contribution in [2.24, 2.45) is 21.7 Å². The van der Waals surface area contributed by atoms with Crippen LogP contribution in [0.2, 0.25) is 0 Å². The summed E-state index contributed by atoms with van der Waals surface area (Å²) in [5.41, 5.74) is 10.6. The third-order valence-corrected chi connectivity index (χ3v) is 1.61. The van der Waals surface area contributed by atoms with E-state index in [2.05, 4.69) is 10.2 Å². The van der Waals surface area contributed by atoms with Crippen LogP contribution in [0.3, 0.4) is 0 Å². The standard InChI is InChI=1S/C9H12N4O2.C2H4O2/c1-15-7-3-2-6(8(14)4-7)5-12-13-9(10)11;1-2(3)4/h2-5,14H,1H3,(H4,10,11,13);1H3,(H,3,4). The minimum atomic E-state index is -0.833. The van der Waals surface area contributed by atoms with Gasteiger partial charge < -0.3 is 26.4 Å². The Balaban J connectivity index is 0.000000711. The second-order valence-corrected chi connectivity index (χ2v) is 3.21. The molecule has 8 nitrogen and oxygen atoms in total. The number of rotatable bonds is 3. The van der Waals surface area contributed by atoms with Crippen LogP contribution in [0.4, 0.5) is 0 Å². The zero-order valence-corrected chi connectivity index (χ0v) is 10.6. The van der Waals surface area contributed by atoms with E-state index in [0.717, 1.165) is 6.92 Å². The van der Waals surface area contributed by atoms with E-state index in [-0.39, 0.29) is 11.7 Å². The minimum absolute atomic E-state index is 0.0453. The second-order valence-electron chi connectivity index (χ2n) is 3.21. The van der Waals surface area contributed by atoms with Gasteiger partial charge in [0.15, 0.2) is 0 Å². The van der Waals surface area contributed by atoms with E-state index in [4.69, 9.17) is 26.1 Å². The van der Waals surface area contributed by atoms with E-state index in [9.17, 15) is 5.11 Å². The number of phenolic OH excluding ortho intramolecular Hbond substituents is 1. The van der Waals surface area contributed by atoms with Gasteiger partial charge in [-0.1, -0.05) is 0 Å². The fourth-order valence-corrected chi connectivity index (χ4v) is 0.917. The lowest BCUT2D eigenvalue weighted by molar-refractivity contribution is -0.134. The van der Waals surface area contributed by atoms with Crippen molar-refractivity contribution in [2.75, 3.05) is 7.11 Å². The van der Waals surface area contributed by atoms with Gasteiger partial charge >= 0.3 is 0 Å². The molecule has 0 radical (unpaired) electrons. The molecule has 0 saturated carbocycles. The highest BCUT2D eigenvalue weighted by Crippen LogP contribution is 2.21. The number of phenols is 1. The van der Waals surface area contributed by atoms with Gasteiger partial charge in [-0.3, -0.25) is 4.79 Å². The molecular weight excluding hydrogens is 252 g/mol. The number of carboxylic acid groups (broad SMARTS) is 1. The normalized spacial score (nSPS) is 9.37. The Bertz CT molecular complexity index is 478. The van der Waals surface area contributed by atoms with Gasteiger partial charge in [0.25, 0.3) is 5.97 Å². The topological polar surface area (TPSA) is 144 Å². The van der Waals surface area contributed by atoms with Crippen molar-refractivity contribution in [3.8, 4) is 11.5 Å². The number of hydrogen-bond acceptors (Lipinski definition) is 5. The van der Waals surface area contributed by atoms with E-state index < -0.39 is 5.97 Å². The number of nitrogens with two attached hydrogens (primary N) is 2. The third kappa shape index (κ3) is 8.02. The summed E-state index contributed by atoms with van der Waals surface area (Å²) < 4.78 is 4.92. The number of carbonyl (C=O) groups is 1. The molecule has 0 atom stereocenters. The number of aromatic hydroxyl groups is 1. The Morgan fingerprint density at radius 1 is 1.42 bits per heavy atom. The maximum atomic E-state index is 9.51. The second kappa shape index (κ2) is 8.34. The van der Waals surface area contributed by atoms with Gasteiger partial charge in [-0.15, -0.1) is 5.10 Å². The number of methoxy groups -OCH3 is 1. The molecule has 0 aliphatic heterocycles. The largest absolute Gasteiger partial charge is 0.507 e. The summed E-state index contributed by atoms with van der Waals surface area (Å²) in [6, 6.07) is 4.80. The SMILES string of the molecule is CC(=O)O.COc1ccc(C=NN=C(N)N)c(O)c1. The molecule has 0 amide bonds. The average Bonchev–Trinajstić information content (AvgIpc) is 2.30. The van der Waals surface area contributed by atoms with Crippen LogP contribution in [0, 0.1) is 0 Å². The smallest absolute Gasteiger partial charge is 0.300 e. The Hall–Kier alpha value is -2.77. The average molecular weight is 268 g/mol. The highest BCUT2D eigenvalue weighted by Gasteiger charge is 1.99. The van der Waals surface area contributed by atoms with Crippen LogP contribution < -0.4 is 16.2 Å². The fraction of sp³-hybridized carbons (Fsp3) is 0.182. The van der Waals surface area contributed by atoms with Gasteiger partial charge in [0.05, 0.1) is 13.3 Å². The Labute approximate surface area is 110 Å². The quantitative estimate of drug-likeness (QED) is 0.347. The van der Waals surface area contributed by atoms with Crippen LogP contribution >= 0.6 is 0 Å². The number of carboxylic acids is 1. The van der Waals surface area contributed by atoms with Crippen LogP contribution in [-0.2, 0) is 4.79 Å². The van der Waals surface area contributed by atoms with Gasteiger partial charge in [0.1, 0.15) is 11.5 Å². The summed E-state index contributed by atoms with van der Waals surface area (Å²) in [5.74, 6) is -0.366. The molecule has 0 saturated heterocycles. The van der Waals surface area contributed by atoms with Gasteiger partial charge in [0, 0.05) is 18.6 Å². The van der Waals surface area contributed by atoms with Crippen LogP contribution in [0.5, 0.6) is 11.5 Å². The maximum Gasteiger partial charge on any atom is 0.300 e. The van der Waals surface area contributed by atoms with Crippen LogP contribution in [0.25, 0.3) is 0 Å². The number of aliphatic carboxylic acids is 1. The summed E-state index contributed by atoms with van der Waals surface area (Å²) in [6.45, 7) is 1.08. The summed E-state index contributed by atoms with van der Waals surface area (Å²) in [4.78, 5) is 9.00. The molecule has 0 fully saturated rings. The lowest BCUT2D eigenvalue weighted by atomic mass is 10.2. The zero-order chi connectivity index (χ0) is 14.8. The molecule has 6 N–H and O–H groups in total. The fourth-order valence-electron chi connectivity index (χ4n) is 0.917. The molecule has 19 heavy (non-hydrogen) atoms. The monoisotopic (exact) mass is 268 g/mol. The molecule has 1 rings (SSSR count). The minimum Gasteiger partial charge on any atom is -0.507 e. The van der Waals surface area contributed by atoms with Crippen molar-refractivity contribution in [1.29, 1.82) is 0 Å². The van der Waals surface area contributed by atoms with E-state index in [1.165, 1.54) is 19.4 Å². The first kappa shape index (κ1) is 16.2. The van der Waals surface area contributed by atoms with Gasteiger partial charge in [0.2, 0.25) is 5.96 Å². The molecule has 0 aliphatic carbocycles. The van der Waals surface area contributed by atoms with Crippen molar-refractivity contribution >= 4 is 18.1 Å². The molecule has 0 aromatic heterocycles. The van der Waals surface area contributed by atoms with E-state index in [0.29, 0.717) is 11.3 Å².